The lowest BCUT2D eigenvalue weighted by molar-refractivity contribution is -0.131. The average Bonchev–Trinajstić information content (AvgIpc) is 2.43. The Bertz CT molecular complexity index is 456. The molecular weight excluding hydrogens is 230 g/mol. The highest BCUT2D eigenvalue weighted by molar-refractivity contribution is 5.35. The summed E-state index contributed by atoms with van der Waals surface area (Å²) in [7, 11) is 1.58. The Morgan fingerprint density at radius 1 is 1.33 bits per heavy atom. The number of aromatic nitrogens is 1. The number of hydrogen-bond acceptors (Lipinski definition) is 4. The normalized spacial score (nSPS) is 29.2. The van der Waals surface area contributed by atoms with E-state index >= 15 is 0 Å². The van der Waals surface area contributed by atoms with Gasteiger partial charge in [0.2, 0.25) is 0 Å². The number of ether oxygens (including phenoxy) is 2. The number of nitrogens with zero attached hydrogens (tertiary/aromatic N) is 1. The Hall–Kier alpha value is -1.13. The molecule has 1 saturated heterocycles. The zero-order chi connectivity index (χ0) is 13.6. The Balaban J connectivity index is 2.54. The highest BCUT2D eigenvalue weighted by Gasteiger charge is 2.59. The third-order valence-corrected chi connectivity index (χ3v) is 3.59. The average molecular weight is 251 g/mol. The third kappa shape index (κ3) is 1.89. The summed E-state index contributed by atoms with van der Waals surface area (Å²) in [5.74, 6) is 0.592. The fourth-order valence-electron chi connectivity index (χ4n) is 2.87. The first-order chi connectivity index (χ1) is 8.22. The van der Waals surface area contributed by atoms with Crippen molar-refractivity contribution in [3.8, 4) is 5.75 Å². The summed E-state index contributed by atoms with van der Waals surface area (Å²) in [5, 5.41) is 11.1. The van der Waals surface area contributed by atoms with Crippen LogP contribution in [-0.4, -0.2) is 28.4 Å². The SMILES string of the molecule is COc1cccnc1C1(O)CC(C)(C)OC1(C)C. The van der Waals surface area contributed by atoms with Gasteiger partial charge in [0.1, 0.15) is 17.0 Å². The van der Waals surface area contributed by atoms with Crippen LogP contribution in [0.25, 0.3) is 0 Å². The molecule has 0 bridgehead atoms. The zero-order valence-corrected chi connectivity index (χ0v) is 11.7. The maximum absolute atomic E-state index is 11.1. The van der Waals surface area contributed by atoms with E-state index in [9.17, 15) is 5.11 Å². The molecule has 1 aliphatic rings. The van der Waals surface area contributed by atoms with Crippen LogP contribution in [0.1, 0.15) is 39.8 Å². The summed E-state index contributed by atoms with van der Waals surface area (Å²) in [6.07, 6.45) is 2.15. The second-order valence-corrected chi connectivity index (χ2v) is 5.96. The fourth-order valence-corrected chi connectivity index (χ4v) is 2.87. The van der Waals surface area contributed by atoms with Crippen molar-refractivity contribution in [2.45, 2.75) is 50.9 Å². The predicted octanol–water partition coefficient (Wildman–Crippen LogP) is 2.26. The number of hydrogen-bond donors (Lipinski definition) is 1. The van der Waals surface area contributed by atoms with Crippen LogP contribution in [0.15, 0.2) is 18.3 Å². The van der Waals surface area contributed by atoms with Crippen LogP contribution in [0, 0.1) is 0 Å². The maximum atomic E-state index is 11.1. The van der Waals surface area contributed by atoms with E-state index in [0.717, 1.165) is 0 Å². The minimum Gasteiger partial charge on any atom is -0.495 e. The first-order valence-corrected chi connectivity index (χ1v) is 6.14. The van der Waals surface area contributed by atoms with Gasteiger partial charge < -0.3 is 14.6 Å². The first kappa shape index (κ1) is 13.3. The number of methoxy groups -OCH3 is 1. The van der Waals surface area contributed by atoms with Crippen molar-refractivity contribution in [2.24, 2.45) is 0 Å². The minimum absolute atomic E-state index is 0.388. The van der Waals surface area contributed by atoms with Gasteiger partial charge >= 0.3 is 0 Å². The van der Waals surface area contributed by atoms with Crippen LogP contribution in [0.3, 0.4) is 0 Å². The van der Waals surface area contributed by atoms with Gasteiger partial charge in [0.25, 0.3) is 0 Å². The van der Waals surface area contributed by atoms with Crippen LogP contribution >= 0.6 is 0 Å². The van der Waals surface area contributed by atoms with E-state index in [-0.39, 0.29) is 5.60 Å². The molecule has 4 heteroatoms. The first-order valence-electron chi connectivity index (χ1n) is 6.14. The standard InChI is InChI=1S/C14H21NO3/c1-12(2)9-14(16,13(3,4)18-12)11-10(17-5)7-6-8-15-11/h6-8,16H,9H2,1-5H3. The van der Waals surface area contributed by atoms with Crippen molar-refractivity contribution in [3.63, 3.8) is 0 Å². The van der Waals surface area contributed by atoms with E-state index < -0.39 is 11.2 Å². The van der Waals surface area contributed by atoms with Crippen LogP contribution in [-0.2, 0) is 10.3 Å². The highest BCUT2D eigenvalue weighted by Crippen LogP contribution is 2.51. The van der Waals surface area contributed by atoms with E-state index in [1.165, 1.54) is 0 Å². The molecule has 18 heavy (non-hydrogen) atoms. The molecule has 0 saturated carbocycles. The molecule has 1 atom stereocenters. The van der Waals surface area contributed by atoms with Crippen LogP contribution < -0.4 is 4.74 Å². The van der Waals surface area contributed by atoms with Gasteiger partial charge in [-0.15, -0.1) is 0 Å². The molecule has 4 nitrogen and oxygen atoms in total. The van der Waals surface area contributed by atoms with Crippen molar-refractivity contribution in [3.05, 3.63) is 24.0 Å². The Morgan fingerprint density at radius 3 is 2.50 bits per heavy atom. The summed E-state index contributed by atoms with van der Waals surface area (Å²) in [4.78, 5) is 4.31. The van der Waals surface area contributed by atoms with Crippen molar-refractivity contribution in [2.75, 3.05) is 7.11 Å². The molecule has 1 aromatic heterocycles. The van der Waals surface area contributed by atoms with Crippen molar-refractivity contribution >= 4 is 0 Å². The molecule has 2 heterocycles. The lowest BCUT2D eigenvalue weighted by Crippen LogP contribution is -2.44. The van der Waals surface area contributed by atoms with Gasteiger partial charge in [-0.2, -0.15) is 0 Å². The Morgan fingerprint density at radius 2 is 2.00 bits per heavy atom. The molecule has 0 amide bonds. The second-order valence-electron chi connectivity index (χ2n) is 5.96. The summed E-state index contributed by atoms with van der Waals surface area (Å²) >= 11 is 0. The predicted molar refractivity (Wildman–Crippen MR) is 68.5 cm³/mol. The van der Waals surface area contributed by atoms with Gasteiger partial charge in [0, 0.05) is 12.6 Å². The molecule has 0 aliphatic carbocycles. The largest absolute Gasteiger partial charge is 0.495 e. The molecule has 100 valence electrons. The summed E-state index contributed by atoms with van der Waals surface area (Å²) in [5.41, 5.74) is -1.70. The lowest BCUT2D eigenvalue weighted by Gasteiger charge is -2.35. The molecule has 1 fully saturated rings. The molecule has 1 N–H and O–H groups in total. The molecule has 2 rings (SSSR count). The summed E-state index contributed by atoms with van der Waals surface area (Å²) in [6, 6.07) is 3.60. The van der Waals surface area contributed by atoms with Crippen molar-refractivity contribution < 1.29 is 14.6 Å². The number of pyridine rings is 1. The summed E-state index contributed by atoms with van der Waals surface area (Å²) < 4.78 is 11.3. The van der Waals surface area contributed by atoms with Crippen LogP contribution in [0.4, 0.5) is 0 Å². The van der Waals surface area contributed by atoms with Crippen LogP contribution in [0.2, 0.25) is 0 Å². The van der Waals surface area contributed by atoms with Crippen molar-refractivity contribution in [1.29, 1.82) is 0 Å². The molecule has 1 aromatic rings. The maximum Gasteiger partial charge on any atom is 0.143 e. The van der Waals surface area contributed by atoms with E-state index in [2.05, 4.69) is 4.98 Å². The molecule has 1 aliphatic heterocycles. The van der Waals surface area contributed by atoms with E-state index in [1.54, 1.807) is 19.4 Å². The minimum atomic E-state index is -1.15. The molecule has 0 radical (unpaired) electrons. The zero-order valence-electron chi connectivity index (χ0n) is 11.7. The van der Waals surface area contributed by atoms with Gasteiger partial charge in [-0.05, 0) is 39.8 Å². The topological polar surface area (TPSA) is 51.6 Å². The van der Waals surface area contributed by atoms with E-state index in [1.807, 2.05) is 33.8 Å². The van der Waals surface area contributed by atoms with Crippen molar-refractivity contribution in [1.82, 2.24) is 4.98 Å². The van der Waals surface area contributed by atoms with E-state index in [4.69, 9.17) is 9.47 Å². The van der Waals surface area contributed by atoms with Gasteiger partial charge in [0.05, 0.1) is 18.3 Å². The van der Waals surface area contributed by atoms with Gasteiger partial charge in [-0.3, -0.25) is 4.98 Å². The van der Waals surface area contributed by atoms with Gasteiger partial charge in [-0.1, -0.05) is 0 Å². The van der Waals surface area contributed by atoms with Gasteiger partial charge in [0.15, 0.2) is 0 Å². The fraction of sp³-hybridized carbons (Fsp3) is 0.643. The molecule has 1 unspecified atom stereocenters. The Kier molecular flexibility index (Phi) is 2.91. The highest BCUT2D eigenvalue weighted by atomic mass is 16.6. The molecule has 0 aromatic carbocycles. The van der Waals surface area contributed by atoms with Crippen LogP contribution in [0.5, 0.6) is 5.75 Å². The smallest absolute Gasteiger partial charge is 0.143 e. The Labute approximate surface area is 108 Å². The second kappa shape index (κ2) is 3.93. The number of rotatable bonds is 2. The van der Waals surface area contributed by atoms with Gasteiger partial charge in [-0.25, -0.2) is 0 Å². The summed E-state index contributed by atoms with van der Waals surface area (Å²) in [6.45, 7) is 7.72. The molecule has 0 spiro atoms. The number of aliphatic hydroxyl groups is 1. The molecular formula is C14H21NO3. The third-order valence-electron chi connectivity index (χ3n) is 3.59. The quantitative estimate of drug-likeness (QED) is 0.876. The monoisotopic (exact) mass is 251 g/mol. The van der Waals surface area contributed by atoms with E-state index in [0.29, 0.717) is 17.9 Å². The lowest BCUT2D eigenvalue weighted by atomic mass is 9.79.